The lowest BCUT2D eigenvalue weighted by Gasteiger charge is -2.09. The molecule has 0 saturated heterocycles. The van der Waals surface area contributed by atoms with E-state index in [4.69, 9.17) is 23.2 Å². The van der Waals surface area contributed by atoms with Gasteiger partial charge in [0.15, 0.2) is 0 Å². The van der Waals surface area contributed by atoms with Crippen molar-refractivity contribution in [2.24, 2.45) is 0 Å². The van der Waals surface area contributed by atoms with Gasteiger partial charge in [0.05, 0.1) is 5.69 Å². The van der Waals surface area contributed by atoms with Crippen molar-refractivity contribution in [3.05, 3.63) is 52.0 Å². The van der Waals surface area contributed by atoms with E-state index in [1.807, 2.05) is 0 Å². The lowest BCUT2D eigenvalue weighted by atomic mass is 10.2. The quantitative estimate of drug-likeness (QED) is 0.803. The number of hydrogen-bond acceptors (Lipinski definition) is 2. The number of aryl methyl sites for hydroxylation is 1. The first kappa shape index (κ1) is 14.6. The molecule has 2 rings (SSSR count). The molecule has 2 amide bonds. The highest BCUT2D eigenvalue weighted by molar-refractivity contribution is 6.33. The van der Waals surface area contributed by atoms with Gasteiger partial charge in [0, 0.05) is 5.69 Å². The number of pyridine rings is 1. The van der Waals surface area contributed by atoms with E-state index in [9.17, 15) is 9.18 Å². The summed E-state index contributed by atoms with van der Waals surface area (Å²) in [6.45, 7) is 1.61. The number of amides is 2. The Balaban J connectivity index is 2.11. The summed E-state index contributed by atoms with van der Waals surface area (Å²) in [7, 11) is 0. The van der Waals surface area contributed by atoms with E-state index in [1.54, 1.807) is 19.1 Å². The summed E-state index contributed by atoms with van der Waals surface area (Å²) in [4.78, 5) is 15.5. The molecule has 1 aromatic carbocycles. The Labute approximate surface area is 124 Å². The van der Waals surface area contributed by atoms with Crippen LogP contribution >= 0.6 is 23.2 Å². The van der Waals surface area contributed by atoms with Crippen LogP contribution in [0.15, 0.2) is 30.3 Å². The number of benzene rings is 1. The number of halogens is 3. The highest BCUT2D eigenvalue weighted by Gasteiger charge is 2.09. The topological polar surface area (TPSA) is 54.0 Å². The standard InChI is InChI=1S/C13H10Cl2FN3O/c1-7-3-2-4-9(12(7)16)18-13(20)17-8-5-10(14)19-11(15)6-8/h2-6H,1H3,(H2,17,18,19,20). The van der Waals surface area contributed by atoms with Crippen molar-refractivity contribution in [1.82, 2.24) is 4.98 Å². The summed E-state index contributed by atoms with van der Waals surface area (Å²) in [5.41, 5.74) is 0.895. The Morgan fingerprint density at radius 3 is 2.50 bits per heavy atom. The maximum Gasteiger partial charge on any atom is 0.323 e. The monoisotopic (exact) mass is 313 g/mol. The van der Waals surface area contributed by atoms with Crippen molar-refractivity contribution in [3.63, 3.8) is 0 Å². The van der Waals surface area contributed by atoms with E-state index >= 15 is 0 Å². The van der Waals surface area contributed by atoms with Gasteiger partial charge in [-0.2, -0.15) is 0 Å². The zero-order valence-corrected chi connectivity index (χ0v) is 11.9. The van der Waals surface area contributed by atoms with Crippen LogP contribution in [0, 0.1) is 12.7 Å². The van der Waals surface area contributed by atoms with Crippen molar-refractivity contribution >= 4 is 40.6 Å². The van der Waals surface area contributed by atoms with E-state index in [0.29, 0.717) is 11.3 Å². The molecule has 1 aromatic heterocycles. The maximum absolute atomic E-state index is 13.7. The summed E-state index contributed by atoms with van der Waals surface area (Å²) in [5, 5.41) is 5.20. The number of carbonyl (C=O) groups excluding carboxylic acids is 1. The molecular weight excluding hydrogens is 304 g/mol. The van der Waals surface area contributed by atoms with Gasteiger partial charge in [0.1, 0.15) is 16.1 Å². The predicted octanol–water partition coefficient (Wildman–Crippen LogP) is 4.48. The van der Waals surface area contributed by atoms with Gasteiger partial charge < -0.3 is 10.6 Å². The molecule has 0 aliphatic heterocycles. The minimum Gasteiger partial charge on any atom is -0.307 e. The molecule has 0 radical (unpaired) electrons. The molecule has 0 aliphatic rings. The lowest BCUT2D eigenvalue weighted by Crippen LogP contribution is -2.20. The Kier molecular flexibility index (Phi) is 4.42. The number of carbonyl (C=O) groups is 1. The number of rotatable bonds is 2. The molecule has 0 saturated carbocycles. The Hall–Kier alpha value is -1.85. The van der Waals surface area contributed by atoms with E-state index in [1.165, 1.54) is 18.2 Å². The van der Waals surface area contributed by atoms with Crippen LogP contribution in [0.2, 0.25) is 10.3 Å². The van der Waals surface area contributed by atoms with Crippen molar-refractivity contribution in [1.29, 1.82) is 0 Å². The van der Waals surface area contributed by atoms with Crippen molar-refractivity contribution in [3.8, 4) is 0 Å². The van der Waals surface area contributed by atoms with Crippen molar-refractivity contribution in [2.75, 3.05) is 10.6 Å². The molecule has 0 fully saturated rings. The molecular formula is C13H10Cl2FN3O. The number of anilines is 2. The fourth-order valence-electron chi connectivity index (χ4n) is 1.57. The molecule has 0 bridgehead atoms. The number of urea groups is 1. The zero-order valence-electron chi connectivity index (χ0n) is 10.4. The van der Waals surface area contributed by atoms with Gasteiger partial charge in [0.25, 0.3) is 0 Å². The van der Waals surface area contributed by atoms with Crippen LogP contribution in [0.5, 0.6) is 0 Å². The first-order valence-electron chi connectivity index (χ1n) is 5.62. The second kappa shape index (κ2) is 6.07. The van der Waals surface area contributed by atoms with E-state index in [0.717, 1.165) is 0 Å². The Bertz CT molecular complexity index is 644. The number of nitrogens with zero attached hydrogens (tertiary/aromatic N) is 1. The smallest absolute Gasteiger partial charge is 0.307 e. The average Bonchev–Trinajstić information content (AvgIpc) is 2.33. The Morgan fingerprint density at radius 2 is 1.85 bits per heavy atom. The minimum atomic E-state index is -0.604. The Morgan fingerprint density at radius 1 is 1.20 bits per heavy atom. The number of nitrogens with one attached hydrogen (secondary N) is 2. The highest BCUT2D eigenvalue weighted by atomic mass is 35.5. The highest BCUT2D eigenvalue weighted by Crippen LogP contribution is 2.20. The second-order valence-electron chi connectivity index (χ2n) is 4.02. The fourth-order valence-corrected chi connectivity index (χ4v) is 2.03. The van der Waals surface area contributed by atoms with Gasteiger partial charge in [-0.15, -0.1) is 0 Å². The molecule has 0 spiro atoms. The molecule has 0 unspecified atom stereocenters. The third kappa shape index (κ3) is 3.59. The van der Waals surface area contributed by atoms with Crippen LogP contribution in [0.3, 0.4) is 0 Å². The molecule has 2 aromatic rings. The van der Waals surface area contributed by atoms with Crippen LogP contribution < -0.4 is 10.6 Å². The average molecular weight is 314 g/mol. The minimum absolute atomic E-state index is 0.0914. The third-order valence-corrected chi connectivity index (χ3v) is 2.85. The summed E-state index contributed by atoms with van der Waals surface area (Å²) in [6, 6.07) is 6.98. The molecule has 20 heavy (non-hydrogen) atoms. The van der Waals surface area contributed by atoms with Crippen LogP contribution in [-0.2, 0) is 0 Å². The summed E-state index contributed by atoms with van der Waals surface area (Å²) in [6.07, 6.45) is 0. The van der Waals surface area contributed by atoms with Crippen molar-refractivity contribution in [2.45, 2.75) is 6.92 Å². The first-order valence-corrected chi connectivity index (χ1v) is 6.37. The van der Waals surface area contributed by atoms with Crippen molar-refractivity contribution < 1.29 is 9.18 Å². The summed E-state index contributed by atoms with van der Waals surface area (Å²) >= 11 is 11.4. The normalized spacial score (nSPS) is 10.2. The molecule has 104 valence electrons. The summed E-state index contributed by atoms with van der Waals surface area (Å²) < 4.78 is 13.7. The maximum atomic E-state index is 13.7. The SMILES string of the molecule is Cc1cccc(NC(=O)Nc2cc(Cl)nc(Cl)c2)c1F. The van der Waals surface area contributed by atoms with Gasteiger partial charge in [0.2, 0.25) is 0 Å². The number of hydrogen-bond donors (Lipinski definition) is 2. The molecule has 0 aliphatic carbocycles. The number of aromatic nitrogens is 1. The lowest BCUT2D eigenvalue weighted by molar-refractivity contribution is 0.262. The second-order valence-corrected chi connectivity index (χ2v) is 4.79. The van der Waals surface area contributed by atoms with Gasteiger partial charge in [-0.25, -0.2) is 14.2 Å². The van der Waals surface area contributed by atoms with E-state index in [2.05, 4.69) is 15.6 Å². The van der Waals surface area contributed by atoms with E-state index in [-0.39, 0.29) is 16.0 Å². The summed E-state index contributed by atoms with van der Waals surface area (Å²) in [5.74, 6) is -0.478. The van der Waals surface area contributed by atoms with Gasteiger partial charge in [-0.05, 0) is 30.7 Å². The van der Waals surface area contributed by atoms with Crippen LogP contribution in [0.4, 0.5) is 20.6 Å². The molecule has 0 atom stereocenters. The largest absolute Gasteiger partial charge is 0.323 e. The zero-order chi connectivity index (χ0) is 14.7. The van der Waals surface area contributed by atoms with Gasteiger partial charge in [-0.1, -0.05) is 35.3 Å². The van der Waals surface area contributed by atoms with E-state index < -0.39 is 11.8 Å². The molecule has 7 heteroatoms. The first-order chi connectivity index (χ1) is 9.45. The van der Waals surface area contributed by atoms with Crippen LogP contribution in [-0.4, -0.2) is 11.0 Å². The fraction of sp³-hybridized carbons (Fsp3) is 0.0769. The molecule has 4 nitrogen and oxygen atoms in total. The van der Waals surface area contributed by atoms with Crippen LogP contribution in [0.25, 0.3) is 0 Å². The van der Waals surface area contributed by atoms with Crippen LogP contribution in [0.1, 0.15) is 5.56 Å². The van der Waals surface area contributed by atoms with Gasteiger partial charge >= 0.3 is 6.03 Å². The predicted molar refractivity (Wildman–Crippen MR) is 78.0 cm³/mol. The molecule has 1 heterocycles. The third-order valence-electron chi connectivity index (χ3n) is 2.46. The molecule has 2 N–H and O–H groups in total. The van der Waals surface area contributed by atoms with Gasteiger partial charge in [-0.3, -0.25) is 0 Å².